The first kappa shape index (κ1) is 15.6. The minimum Gasteiger partial charge on any atom is -0.366 e. The normalized spacial score (nSPS) is 13.4. The van der Waals surface area contributed by atoms with Gasteiger partial charge in [0, 0.05) is 31.4 Å². The fourth-order valence-electron chi connectivity index (χ4n) is 3.21. The van der Waals surface area contributed by atoms with Crippen molar-refractivity contribution in [1.29, 1.82) is 0 Å². The van der Waals surface area contributed by atoms with E-state index < -0.39 is 0 Å². The molecule has 2 aromatic carbocycles. The number of fused-ring (bicyclic) bond motifs is 1. The van der Waals surface area contributed by atoms with Crippen LogP contribution in [-0.2, 0) is 19.5 Å². The predicted molar refractivity (Wildman–Crippen MR) is 102 cm³/mol. The van der Waals surface area contributed by atoms with E-state index in [-0.39, 0.29) is 0 Å². The summed E-state index contributed by atoms with van der Waals surface area (Å²) in [4.78, 5) is 11.6. The van der Waals surface area contributed by atoms with Gasteiger partial charge in [0.25, 0.3) is 0 Å². The van der Waals surface area contributed by atoms with Crippen molar-refractivity contribution >= 4 is 11.8 Å². The molecule has 4 rings (SSSR count). The van der Waals surface area contributed by atoms with Crippen LogP contribution in [0.25, 0.3) is 0 Å². The van der Waals surface area contributed by atoms with Crippen LogP contribution in [0.2, 0.25) is 0 Å². The Balaban J connectivity index is 1.52. The molecule has 4 nitrogen and oxygen atoms in total. The van der Waals surface area contributed by atoms with E-state index in [9.17, 15) is 0 Å². The lowest BCUT2D eigenvalue weighted by Crippen LogP contribution is -2.31. The zero-order valence-corrected chi connectivity index (χ0v) is 14.4. The number of hydrogen-bond donors (Lipinski definition) is 1. The summed E-state index contributed by atoms with van der Waals surface area (Å²) in [5.41, 5.74) is 5.12. The summed E-state index contributed by atoms with van der Waals surface area (Å²) in [7, 11) is 0. The van der Waals surface area contributed by atoms with Gasteiger partial charge in [0.1, 0.15) is 5.82 Å². The molecule has 0 atom stereocenters. The molecule has 1 aliphatic heterocycles. The zero-order valence-electron chi connectivity index (χ0n) is 14.4. The molecule has 0 saturated carbocycles. The quantitative estimate of drug-likeness (QED) is 0.786. The number of rotatable bonds is 4. The van der Waals surface area contributed by atoms with Crippen molar-refractivity contribution in [2.45, 2.75) is 26.4 Å². The summed E-state index contributed by atoms with van der Waals surface area (Å²) < 4.78 is 0. The van der Waals surface area contributed by atoms with Gasteiger partial charge < -0.3 is 10.2 Å². The van der Waals surface area contributed by atoms with E-state index in [4.69, 9.17) is 4.98 Å². The highest BCUT2D eigenvalue weighted by atomic mass is 15.3. The van der Waals surface area contributed by atoms with E-state index in [0.29, 0.717) is 0 Å². The number of benzene rings is 2. The third-order valence-corrected chi connectivity index (χ3v) is 4.68. The Kier molecular flexibility index (Phi) is 4.34. The standard InChI is InChI=1S/C21H22N4/c1-16-13-23-21(24-20(16)22-14-17-7-3-2-4-8-17)25-12-11-18-9-5-6-10-19(18)15-25/h2-10,13H,11-12,14-15H2,1H3,(H,22,23,24). The Bertz CT molecular complexity index is 861. The molecule has 0 unspecified atom stereocenters. The maximum atomic E-state index is 4.79. The average Bonchev–Trinajstić information content (AvgIpc) is 2.68. The van der Waals surface area contributed by atoms with E-state index in [2.05, 4.69) is 63.7 Å². The first-order valence-electron chi connectivity index (χ1n) is 8.73. The van der Waals surface area contributed by atoms with Gasteiger partial charge in [-0.2, -0.15) is 4.98 Å². The highest BCUT2D eigenvalue weighted by Crippen LogP contribution is 2.23. The van der Waals surface area contributed by atoms with E-state index in [1.165, 1.54) is 16.7 Å². The zero-order chi connectivity index (χ0) is 17.1. The van der Waals surface area contributed by atoms with E-state index in [1.807, 2.05) is 19.2 Å². The molecule has 1 N–H and O–H groups in total. The van der Waals surface area contributed by atoms with Crippen molar-refractivity contribution in [2.75, 3.05) is 16.8 Å². The predicted octanol–water partition coefficient (Wildman–Crippen LogP) is 3.96. The van der Waals surface area contributed by atoms with Crippen LogP contribution in [0.4, 0.5) is 11.8 Å². The molecule has 0 amide bonds. The van der Waals surface area contributed by atoms with Crippen LogP contribution < -0.4 is 10.2 Å². The topological polar surface area (TPSA) is 41.1 Å². The molecule has 0 bridgehead atoms. The van der Waals surface area contributed by atoms with Gasteiger partial charge in [0.2, 0.25) is 5.95 Å². The molecular weight excluding hydrogens is 308 g/mol. The van der Waals surface area contributed by atoms with Crippen molar-refractivity contribution in [3.63, 3.8) is 0 Å². The van der Waals surface area contributed by atoms with Crippen LogP contribution in [0.5, 0.6) is 0 Å². The van der Waals surface area contributed by atoms with Crippen molar-refractivity contribution in [2.24, 2.45) is 0 Å². The van der Waals surface area contributed by atoms with Crippen LogP contribution >= 0.6 is 0 Å². The minimum absolute atomic E-state index is 0.765. The number of aromatic nitrogens is 2. The summed E-state index contributed by atoms with van der Waals surface area (Å²) in [6.45, 7) is 4.64. The summed E-state index contributed by atoms with van der Waals surface area (Å²) in [5, 5.41) is 3.45. The maximum Gasteiger partial charge on any atom is 0.227 e. The molecule has 1 aliphatic rings. The fourth-order valence-corrected chi connectivity index (χ4v) is 3.21. The second kappa shape index (κ2) is 6.93. The highest BCUT2D eigenvalue weighted by molar-refractivity contribution is 5.49. The molecule has 3 aromatic rings. The molecule has 0 aliphatic carbocycles. The Labute approximate surface area is 148 Å². The van der Waals surface area contributed by atoms with Crippen LogP contribution in [0.3, 0.4) is 0 Å². The third-order valence-electron chi connectivity index (χ3n) is 4.68. The molecule has 126 valence electrons. The van der Waals surface area contributed by atoms with Crippen molar-refractivity contribution in [3.8, 4) is 0 Å². The van der Waals surface area contributed by atoms with Gasteiger partial charge in [-0.25, -0.2) is 4.98 Å². The lowest BCUT2D eigenvalue weighted by Gasteiger charge is -2.29. The molecule has 0 spiro atoms. The van der Waals surface area contributed by atoms with E-state index in [1.54, 1.807) is 0 Å². The molecule has 2 heterocycles. The SMILES string of the molecule is Cc1cnc(N2CCc3ccccc3C2)nc1NCc1ccccc1. The van der Waals surface area contributed by atoms with Gasteiger partial charge >= 0.3 is 0 Å². The van der Waals surface area contributed by atoms with Gasteiger partial charge in [-0.3, -0.25) is 0 Å². The smallest absolute Gasteiger partial charge is 0.227 e. The Morgan fingerprint density at radius 1 is 1.00 bits per heavy atom. The second-order valence-electron chi connectivity index (χ2n) is 6.48. The van der Waals surface area contributed by atoms with Gasteiger partial charge in [0.05, 0.1) is 0 Å². The van der Waals surface area contributed by atoms with Gasteiger partial charge in [-0.1, -0.05) is 54.6 Å². The molecule has 0 saturated heterocycles. The van der Waals surface area contributed by atoms with Crippen molar-refractivity contribution in [1.82, 2.24) is 9.97 Å². The van der Waals surface area contributed by atoms with Gasteiger partial charge in [-0.15, -0.1) is 0 Å². The minimum atomic E-state index is 0.765. The molecular formula is C21H22N4. The van der Waals surface area contributed by atoms with Crippen LogP contribution in [-0.4, -0.2) is 16.5 Å². The maximum absolute atomic E-state index is 4.79. The summed E-state index contributed by atoms with van der Waals surface area (Å²) in [5.74, 6) is 1.71. The Hall–Kier alpha value is -2.88. The lowest BCUT2D eigenvalue weighted by atomic mass is 10.0. The number of hydrogen-bond acceptors (Lipinski definition) is 4. The molecule has 0 radical (unpaired) electrons. The molecule has 0 fully saturated rings. The Morgan fingerprint density at radius 2 is 1.76 bits per heavy atom. The van der Waals surface area contributed by atoms with Crippen LogP contribution in [0.15, 0.2) is 60.8 Å². The van der Waals surface area contributed by atoms with Gasteiger partial charge in [-0.05, 0) is 30.0 Å². The monoisotopic (exact) mass is 330 g/mol. The number of nitrogens with one attached hydrogen (secondary N) is 1. The molecule has 25 heavy (non-hydrogen) atoms. The third kappa shape index (κ3) is 3.48. The number of aryl methyl sites for hydroxylation is 1. The summed E-state index contributed by atoms with van der Waals surface area (Å²) in [6, 6.07) is 19.0. The number of nitrogens with zero attached hydrogens (tertiary/aromatic N) is 3. The van der Waals surface area contributed by atoms with E-state index >= 15 is 0 Å². The van der Waals surface area contributed by atoms with Gasteiger partial charge in [0.15, 0.2) is 0 Å². The van der Waals surface area contributed by atoms with Crippen LogP contribution in [0, 0.1) is 6.92 Å². The van der Waals surface area contributed by atoms with Crippen molar-refractivity contribution < 1.29 is 0 Å². The van der Waals surface area contributed by atoms with Crippen molar-refractivity contribution in [3.05, 3.63) is 83.0 Å². The fraction of sp³-hybridized carbons (Fsp3) is 0.238. The first-order chi connectivity index (χ1) is 12.3. The summed E-state index contributed by atoms with van der Waals surface area (Å²) >= 11 is 0. The largest absolute Gasteiger partial charge is 0.366 e. The molecule has 4 heteroatoms. The summed E-state index contributed by atoms with van der Waals surface area (Å²) in [6.07, 6.45) is 2.95. The first-order valence-corrected chi connectivity index (χ1v) is 8.73. The second-order valence-corrected chi connectivity index (χ2v) is 6.48. The highest BCUT2D eigenvalue weighted by Gasteiger charge is 2.18. The molecule has 1 aromatic heterocycles. The van der Waals surface area contributed by atoms with E-state index in [0.717, 1.165) is 43.4 Å². The lowest BCUT2D eigenvalue weighted by molar-refractivity contribution is 0.707. The van der Waals surface area contributed by atoms with Crippen LogP contribution in [0.1, 0.15) is 22.3 Å². The average molecular weight is 330 g/mol. The number of anilines is 2. The Morgan fingerprint density at radius 3 is 2.60 bits per heavy atom.